The zero-order chi connectivity index (χ0) is 58.7. The van der Waals surface area contributed by atoms with Crippen molar-refractivity contribution in [2.45, 2.75) is 82.3 Å². The second kappa shape index (κ2) is 27.1. The van der Waals surface area contributed by atoms with E-state index in [0.29, 0.717) is 11.8 Å². The van der Waals surface area contributed by atoms with Crippen LogP contribution in [0.1, 0.15) is 104 Å². The summed E-state index contributed by atoms with van der Waals surface area (Å²) in [6.45, 7) is 3.15. The zero-order valence-electron chi connectivity index (χ0n) is 50.1. The number of benzene rings is 7. The van der Waals surface area contributed by atoms with Crippen LogP contribution in [0.25, 0.3) is 39.6 Å². The molecule has 1 heterocycles. The highest BCUT2D eigenvalue weighted by Crippen LogP contribution is 2.43. The summed E-state index contributed by atoms with van der Waals surface area (Å²) >= 11 is 0. The molecule has 4 nitrogen and oxygen atoms in total. The normalized spacial score (nSPS) is 23.4. The maximum absolute atomic E-state index is 7.18. The highest BCUT2D eigenvalue weighted by molar-refractivity contribution is 6.13. The molecule has 4 heteroatoms. The molecule has 13 rings (SSSR count). The van der Waals surface area contributed by atoms with Crippen LogP contribution >= 0.6 is 0 Å². The summed E-state index contributed by atoms with van der Waals surface area (Å²) < 4.78 is 0. The Hall–Kier alpha value is -9.09. The molecule has 1 saturated carbocycles. The Balaban J connectivity index is 0.681. The highest BCUT2D eigenvalue weighted by atomic mass is 15.0. The van der Waals surface area contributed by atoms with Crippen LogP contribution < -0.4 is 16.4 Å². The number of allylic oxidation sites excluding steroid dienone is 18. The van der Waals surface area contributed by atoms with Crippen molar-refractivity contribution in [1.82, 2.24) is 10.6 Å². The SMILES string of the molecule is CC1=C(C2CCCC(c3ccccc3)C2)NCC(C2C=CC=C(c3cccc(C4C=CC=C(C5=CC=CC(C6=CC(C(N)N/C(=C/C=C/c7ccccc7)c7ccc(-c8ccccc8)cc7)CC=C6)C5)C4)c3)C2)N=C1c1cccc(-c2ccccc2)c1. The fourth-order valence-electron chi connectivity index (χ4n) is 14.2. The molecule has 1 fully saturated rings. The highest BCUT2D eigenvalue weighted by Gasteiger charge is 2.33. The largest absolute Gasteiger partial charge is 0.386 e. The average molecular weight is 1130 g/mol. The van der Waals surface area contributed by atoms with Crippen molar-refractivity contribution >= 4 is 23.1 Å². The molecular formula is C83H80N4. The third kappa shape index (κ3) is 13.6. The van der Waals surface area contributed by atoms with Crippen molar-refractivity contribution in [3.8, 4) is 22.3 Å². The third-order valence-electron chi connectivity index (χ3n) is 19.0. The van der Waals surface area contributed by atoms with E-state index in [1.165, 1.54) is 97.3 Å². The van der Waals surface area contributed by atoms with Gasteiger partial charge in [-0.2, -0.15) is 0 Å². The lowest BCUT2D eigenvalue weighted by Gasteiger charge is -2.33. The molecule has 0 radical (unpaired) electrons. The molecule has 87 heavy (non-hydrogen) atoms. The van der Waals surface area contributed by atoms with Gasteiger partial charge in [0.25, 0.3) is 0 Å². The predicted molar refractivity (Wildman–Crippen MR) is 367 cm³/mol. The Bertz CT molecular complexity index is 3940. The first kappa shape index (κ1) is 57.0. The van der Waals surface area contributed by atoms with Crippen LogP contribution in [0.15, 0.2) is 312 Å². The van der Waals surface area contributed by atoms with Gasteiger partial charge in [-0.25, -0.2) is 0 Å². The minimum Gasteiger partial charge on any atom is -0.386 e. The van der Waals surface area contributed by atoms with Crippen molar-refractivity contribution in [3.05, 3.63) is 341 Å². The van der Waals surface area contributed by atoms with Crippen molar-refractivity contribution in [2.75, 3.05) is 6.54 Å². The van der Waals surface area contributed by atoms with E-state index in [1.54, 1.807) is 0 Å². The van der Waals surface area contributed by atoms with E-state index < -0.39 is 0 Å². The lowest BCUT2D eigenvalue weighted by atomic mass is 9.75. The van der Waals surface area contributed by atoms with Gasteiger partial charge >= 0.3 is 0 Å². The van der Waals surface area contributed by atoms with Crippen LogP contribution in [0.3, 0.4) is 0 Å². The minimum atomic E-state index is -0.286. The lowest BCUT2D eigenvalue weighted by Crippen LogP contribution is -2.42. The molecule has 8 atom stereocenters. The maximum atomic E-state index is 7.18. The van der Waals surface area contributed by atoms with Gasteiger partial charge < -0.3 is 16.4 Å². The Morgan fingerprint density at radius 1 is 0.586 bits per heavy atom. The second-order valence-corrected chi connectivity index (χ2v) is 24.7. The molecule has 0 amide bonds. The van der Waals surface area contributed by atoms with Crippen molar-refractivity contribution in [3.63, 3.8) is 0 Å². The van der Waals surface area contributed by atoms with Crippen LogP contribution in [0.2, 0.25) is 0 Å². The minimum absolute atomic E-state index is 0.0662. The predicted octanol–water partition coefficient (Wildman–Crippen LogP) is 19.3. The molecule has 6 aliphatic rings. The van der Waals surface area contributed by atoms with Gasteiger partial charge in [-0.1, -0.05) is 280 Å². The summed E-state index contributed by atoms with van der Waals surface area (Å²) in [5.41, 5.74) is 30.0. The Morgan fingerprint density at radius 3 is 1.97 bits per heavy atom. The molecule has 7 aromatic rings. The molecule has 0 bridgehead atoms. The first-order valence-electron chi connectivity index (χ1n) is 31.9. The molecule has 0 saturated heterocycles. The van der Waals surface area contributed by atoms with E-state index in [2.05, 4.69) is 303 Å². The molecule has 432 valence electrons. The zero-order valence-corrected chi connectivity index (χ0v) is 50.1. The van der Waals surface area contributed by atoms with Crippen molar-refractivity contribution in [2.24, 2.45) is 34.4 Å². The molecule has 1 aliphatic heterocycles. The number of nitrogens with two attached hydrogens (primary N) is 1. The van der Waals surface area contributed by atoms with Crippen LogP contribution in [0, 0.1) is 23.7 Å². The molecule has 0 spiro atoms. The summed E-state index contributed by atoms with van der Waals surface area (Å²) in [6, 6.07) is 70.4. The monoisotopic (exact) mass is 1130 g/mol. The van der Waals surface area contributed by atoms with Gasteiger partial charge in [-0.15, -0.1) is 0 Å². The quantitative estimate of drug-likeness (QED) is 0.0667. The molecular weight excluding hydrogens is 1050 g/mol. The van der Waals surface area contributed by atoms with E-state index in [0.717, 1.165) is 61.2 Å². The number of aliphatic imine (C=N–C) groups is 1. The molecule has 5 aliphatic carbocycles. The summed E-state index contributed by atoms with van der Waals surface area (Å²) in [5, 5.41) is 7.91. The van der Waals surface area contributed by atoms with Gasteiger partial charge in [0.15, 0.2) is 0 Å². The van der Waals surface area contributed by atoms with Gasteiger partial charge in [0, 0.05) is 47.2 Å². The van der Waals surface area contributed by atoms with Crippen LogP contribution in [0.5, 0.6) is 0 Å². The molecule has 8 unspecified atom stereocenters. The summed E-state index contributed by atoms with van der Waals surface area (Å²) in [4.78, 5) is 5.85. The standard InChI is InChI=1S/C83H80N4/c1-58-81(76-42-19-31-65(54-76)61-27-10-4-11-28-61)85-57-80(86-82(58)77-43-20-32-66(55-77)62-29-12-5-13-30-62)75-41-18-39-73(53-75)71-37-16-35-69(51-71)67-33-15-34-68(50-67)70-36-17-38-72(52-70)74-40-21-44-78(56-74)83(84)87-79(45-14-24-59-22-6-2-7-23-59)64-48-46-63(47-49-64)60-25-8-3-9-26-60/h2-18,20-30,32-41,43,45-49,51,55-56,65,67,72,75-76,78,80,83,85,87H,19,31,42,44,50,52-54,57,84H2,1H3/b24-14+,79-45+. The number of nitrogens with zero attached hydrogens (tertiary/aromatic N) is 1. The number of nitrogens with one attached hydrogen (secondary N) is 2. The number of hydrogen-bond donors (Lipinski definition) is 3. The average Bonchev–Trinajstić information content (AvgIpc) is 3.68. The van der Waals surface area contributed by atoms with Gasteiger partial charge in [0.05, 0.1) is 17.9 Å². The van der Waals surface area contributed by atoms with Gasteiger partial charge in [-0.3, -0.25) is 4.99 Å². The van der Waals surface area contributed by atoms with E-state index >= 15 is 0 Å². The van der Waals surface area contributed by atoms with E-state index in [1.807, 2.05) is 0 Å². The van der Waals surface area contributed by atoms with Crippen LogP contribution in [-0.2, 0) is 0 Å². The summed E-state index contributed by atoms with van der Waals surface area (Å²) in [6.07, 6.45) is 43.0. The van der Waals surface area contributed by atoms with E-state index in [-0.39, 0.29) is 35.9 Å². The summed E-state index contributed by atoms with van der Waals surface area (Å²) in [7, 11) is 0. The van der Waals surface area contributed by atoms with Gasteiger partial charge in [0.1, 0.15) is 0 Å². The Kier molecular flexibility index (Phi) is 17.7. The maximum Gasteiger partial charge on any atom is 0.0810 e. The Labute approximate surface area is 516 Å². The van der Waals surface area contributed by atoms with E-state index in [9.17, 15) is 0 Å². The number of rotatable bonds is 16. The van der Waals surface area contributed by atoms with Crippen molar-refractivity contribution < 1.29 is 0 Å². The lowest BCUT2D eigenvalue weighted by molar-refractivity contribution is 0.342. The van der Waals surface area contributed by atoms with Crippen LogP contribution in [0.4, 0.5) is 0 Å². The number of hydrogen-bond acceptors (Lipinski definition) is 4. The summed E-state index contributed by atoms with van der Waals surface area (Å²) in [5.74, 6) is 1.95. The molecule has 7 aromatic carbocycles. The second-order valence-electron chi connectivity index (χ2n) is 24.7. The van der Waals surface area contributed by atoms with Gasteiger partial charge in [0.2, 0.25) is 0 Å². The first-order valence-corrected chi connectivity index (χ1v) is 31.9. The smallest absolute Gasteiger partial charge is 0.0810 e. The topological polar surface area (TPSA) is 62.4 Å². The fourth-order valence-corrected chi connectivity index (χ4v) is 14.2. The van der Waals surface area contributed by atoms with Crippen LogP contribution in [-0.4, -0.2) is 24.5 Å². The first-order chi connectivity index (χ1) is 42.9. The fraction of sp³-hybridized carbons (Fsp3) is 0.217. The molecule has 0 aromatic heterocycles. The van der Waals surface area contributed by atoms with Gasteiger partial charge in [-0.05, 0) is 154 Å². The third-order valence-corrected chi connectivity index (χ3v) is 19.0. The van der Waals surface area contributed by atoms with E-state index in [4.69, 9.17) is 10.7 Å². The Morgan fingerprint density at radius 2 is 1.20 bits per heavy atom. The molecule has 4 N–H and O–H groups in total. The van der Waals surface area contributed by atoms with Crippen molar-refractivity contribution in [1.29, 1.82) is 0 Å².